The Hall–Kier alpha value is -4.52. The number of hydrogen-bond acceptors (Lipinski definition) is 6. The third-order valence-corrected chi connectivity index (χ3v) is 16.9. The summed E-state index contributed by atoms with van der Waals surface area (Å²) in [6, 6.07) is 17.4. The lowest BCUT2D eigenvalue weighted by Gasteiger charge is -2.20. The first-order valence-electron chi connectivity index (χ1n) is 33.3. The van der Waals surface area contributed by atoms with Crippen LogP contribution >= 0.6 is 0 Å². The van der Waals surface area contributed by atoms with E-state index in [2.05, 4.69) is 71.0 Å². The predicted octanol–water partition coefficient (Wildman–Crippen LogP) is 22.3. The third-order valence-electron chi connectivity index (χ3n) is 16.9. The summed E-state index contributed by atoms with van der Waals surface area (Å²) >= 11 is 0. The number of imide groups is 1. The van der Waals surface area contributed by atoms with Crippen LogP contribution < -0.4 is 18.9 Å². The molecular weight excluding hydrogens is 975 g/mol. The largest absolute Gasteiger partial charge is 0.490 e. The van der Waals surface area contributed by atoms with E-state index in [0.717, 1.165) is 137 Å². The number of nitrogens with zero attached hydrogens (tertiary/aromatic N) is 1. The summed E-state index contributed by atoms with van der Waals surface area (Å²) < 4.78 is 27.3. The first-order valence-corrected chi connectivity index (χ1v) is 33.3. The van der Waals surface area contributed by atoms with E-state index < -0.39 is 0 Å². The second-order valence-corrected chi connectivity index (χ2v) is 23.7. The molecule has 0 atom stereocenters. The molecule has 7 nitrogen and oxygen atoms in total. The lowest BCUT2D eigenvalue weighted by atomic mass is 9.90. The molecule has 0 fully saturated rings. The number of carbonyl (C=O) groups excluding carboxylic acids is 2. The topological polar surface area (TPSA) is 74.3 Å². The van der Waals surface area contributed by atoms with Crippen LogP contribution in [0.2, 0.25) is 0 Å². The van der Waals surface area contributed by atoms with Gasteiger partial charge < -0.3 is 18.9 Å². The molecule has 0 bridgehead atoms. The van der Waals surface area contributed by atoms with Crippen LogP contribution in [0.4, 0.5) is 0 Å². The molecule has 0 saturated heterocycles. The summed E-state index contributed by atoms with van der Waals surface area (Å²) in [5.41, 5.74) is 1.02. The fraction of sp³-hybridized carbons (Fsp3) is 0.667. The van der Waals surface area contributed by atoms with Crippen molar-refractivity contribution in [3.63, 3.8) is 0 Å². The molecular formula is C72H109NO6. The van der Waals surface area contributed by atoms with Crippen molar-refractivity contribution in [3.05, 3.63) is 59.7 Å². The van der Waals surface area contributed by atoms with E-state index in [1.165, 1.54) is 178 Å². The second kappa shape index (κ2) is 37.5. The molecule has 0 radical (unpaired) electrons. The summed E-state index contributed by atoms with van der Waals surface area (Å²) in [7, 11) is 0. The third kappa shape index (κ3) is 20.5. The zero-order valence-corrected chi connectivity index (χ0v) is 50.9. The molecule has 0 N–H and O–H groups in total. The summed E-state index contributed by atoms with van der Waals surface area (Å²) in [5.74, 6) is 2.80. The van der Waals surface area contributed by atoms with E-state index in [-0.39, 0.29) is 11.8 Å². The van der Waals surface area contributed by atoms with Gasteiger partial charge in [0.25, 0.3) is 11.8 Å². The van der Waals surface area contributed by atoms with Gasteiger partial charge in [-0.05, 0) is 124 Å². The van der Waals surface area contributed by atoms with Crippen LogP contribution in [0.5, 0.6) is 23.0 Å². The Bertz CT molecular complexity index is 2380. The van der Waals surface area contributed by atoms with Gasteiger partial charge in [0.15, 0.2) is 23.0 Å². The molecule has 7 heteroatoms. The van der Waals surface area contributed by atoms with Crippen LogP contribution in [0.1, 0.15) is 299 Å². The first kappa shape index (κ1) is 63.7. The van der Waals surface area contributed by atoms with Crippen molar-refractivity contribution in [2.24, 2.45) is 0 Å². The van der Waals surface area contributed by atoms with Gasteiger partial charge in [-0.25, -0.2) is 0 Å². The summed E-state index contributed by atoms with van der Waals surface area (Å²) in [5, 5.41) is 8.35. The van der Waals surface area contributed by atoms with E-state index in [1.54, 1.807) is 0 Å². The lowest BCUT2D eigenvalue weighted by molar-refractivity contribution is 0.0651. The molecule has 1 heterocycles. The van der Waals surface area contributed by atoms with E-state index in [9.17, 15) is 9.59 Å². The van der Waals surface area contributed by atoms with Crippen molar-refractivity contribution in [1.82, 2.24) is 4.90 Å². The second-order valence-electron chi connectivity index (χ2n) is 23.7. The Kier molecular flexibility index (Phi) is 30.2. The Morgan fingerprint density at radius 1 is 0.266 bits per heavy atom. The summed E-state index contributed by atoms with van der Waals surface area (Å²) in [6.45, 7) is 14.4. The maximum absolute atomic E-state index is 14.1. The van der Waals surface area contributed by atoms with Gasteiger partial charge >= 0.3 is 0 Å². The molecule has 5 aromatic rings. The van der Waals surface area contributed by atoms with Gasteiger partial charge in [-0.15, -0.1) is 0 Å². The molecule has 0 saturated carbocycles. The quantitative estimate of drug-likeness (QED) is 0.0167. The van der Waals surface area contributed by atoms with Crippen LogP contribution in [-0.4, -0.2) is 49.7 Å². The van der Waals surface area contributed by atoms with E-state index >= 15 is 0 Å². The van der Waals surface area contributed by atoms with E-state index in [4.69, 9.17) is 18.9 Å². The van der Waals surface area contributed by atoms with Crippen LogP contribution in [-0.2, 0) is 0 Å². The minimum atomic E-state index is -0.174. The summed E-state index contributed by atoms with van der Waals surface area (Å²) in [4.78, 5) is 29.6. The Morgan fingerprint density at radius 3 is 0.734 bits per heavy atom. The maximum atomic E-state index is 14.1. The Balaban J connectivity index is 1.40. The average Bonchev–Trinajstić information content (AvgIpc) is 3.76. The van der Waals surface area contributed by atoms with Gasteiger partial charge in [-0.1, -0.05) is 247 Å². The van der Waals surface area contributed by atoms with Crippen LogP contribution in [0, 0.1) is 0 Å². The molecule has 6 rings (SSSR count). The number of ether oxygens (including phenoxy) is 4. The fourth-order valence-electron chi connectivity index (χ4n) is 11.9. The molecule has 2 amide bonds. The van der Waals surface area contributed by atoms with Crippen molar-refractivity contribution < 1.29 is 28.5 Å². The molecule has 1 aliphatic rings. The van der Waals surface area contributed by atoms with Crippen molar-refractivity contribution in [2.45, 2.75) is 279 Å². The highest BCUT2D eigenvalue weighted by atomic mass is 16.5. The molecule has 1 aliphatic heterocycles. The number of amides is 2. The van der Waals surface area contributed by atoms with E-state index in [1.807, 2.05) is 12.1 Å². The van der Waals surface area contributed by atoms with Crippen molar-refractivity contribution in [2.75, 3.05) is 33.0 Å². The fourth-order valence-corrected chi connectivity index (χ4v) is 11.9. The molecule has 438 valence electrons. The van der Waals surface area contributed by atoms with Crippen LogP contribution in [0.3, 0.4) is 0 Å². The molecule has 79 heavy (non-hydrogen) atoms. The Labute approximate surface area is 480 Å². The number of hydrogen-bond donors (Lipinski definition) is 0. The first-order chi connectivity index (χ1) is 38.9. The standard InChI is InChI=1S/C72H109NO6/c1-6-11-16-21-26-30-35-40-45-76-67-53-61-59-49-57-51-65-66(72(75)73(71(65)74)44-39-34-25-20-15-10-5)52-58(57)50-60(59)62-54-68(77-46-41-36-31-27-22-17-12-7-2)70(79-48-43-38-33-29-24-19-14-9-4)56-64(62)63(61)55-69(67)78-47-42-37-32-28-23-18-13-8-3/h49-56H,6-48H2,1-5H3. The highest BCUT2D eigenvalue weighted by Gasteiger charge is 2.35. The molecule has 0 unspecified atom stereocenters. The zero-order valence-electron chi connectivity index (χ0n) is 50.9. The van der Waals surface area contributed by atoms with Crippen molar-refractivity contribution in [1.29, 1.82) is 0 Å². The minimum absolute atomic E-state index is 0.174. The smallest absolute Gasteiger partial charge is 0.261 e. The van der Waals surface area contributed by atoms with E-state index in [0.29, 0.717) is 44.1 Å². The monoisotopic (exact) mass is 1080 g/mol. The van der Waals surface area contributed by atoms with Gasteiger partial charge in [-0.3, -0.25) is 14.5 Å². The van der Waals surface area contributed by atoms with Gasteiger partial charge in [0.2, 0.25) is 0 Å². The number of fused-ring (bicyclic) bond motifs is 8. The van der Waals surface area contributed by atoms with Crippen molar-refractivity contribution in [3.8, 4) is 23.0 Å². The lowest BCUT2D eigenvalue weighted by Crippen LogP contribution is -2.30. The average molecular weight is 1080 g/mol. The number of carbonyl (C=O) groups is 2. The molecule has 0 aliphatic carbocycles. The minimum Gasteiger partial charge on any atom is -0.490 e. The molecule has 0 aromatic heterocycles. The number of rotatable bonds is 47. The highest BCUT2D eigenvalue weighted by molar-refractivity contribution is 6.29. The predicted molar refractivity (Wildman–Crippen MR) is 338 cm³/mol. The van der Waals surface area contributed by atoms with Gasteiger partial charge in [0.05, 0.1) is 37.6 Å². The van der Waals surface area contributed by atoms with Gasteiger partial charge in [0.1, 0.15) is 0 Å². The Morgan fingerprint density at radius 2 is 0.481 bits per heavy atom. The summed E-state index contributed by atoms with van der Waals surface area (Å²) in [6.07, 6.45) is 46.3. The maximum Gasteiger partial charge on any atom is 0.261 e. The normalized spacial score (nSPS) is 12.5. The van der Waals surface area contributed by atoms with Crippen molar-refractivity contribution >= 4 is 54.9 Å². The number of benzene rings is 5. The SMILES string of the molecule is CCCCCCCCCCOc1cc2c3cc(OCCCCCCCCCC)c(OCCCCCCCCCC)cc3c3cc4cc5c(cc4cc3c2cc1OCCCCCCCCCC)C(=O)N(CCCCCCCC)C5=O. The zero-order chi connectivity index (χ0) is 55.7. The van der Waals surface area contributed by atoms with Gasteiger partial charge in [-0.2, -0.15) is 0 Å². The molecule has 0 spiro atoms. The van der Waals surface area contributed by atoms with Crippen LogP contribution in [0.15, 0.2) is 48.5 Å². The van der Waals surface area contributed by atoms with Crippen LogP contribution in [0.25, 0.3) is 43.1 Å². The highest BCUT2D eigenvalue weighted by Crippen LogP contribution is 2.46. The van der Waals surface area contributed by atoms with Gasteiger partial charge in [0, 0.05) is 6.54 Å². The number of unbranched alkanes of at least 4 members (excludes halogenated alkanes) is 33. The molecule has 5 aromatic carbocycles.